The Morgan fingerprint density at radius 1 is 0.729 bits per heavy atom. The molecule has 12 heteroatoms. The summed E-state index contributed by atoms with van der Waals surface area (Å²) in [4.78, 5) is 23.9. The van der Waals surface area contributed by atoms with Crippen molar-refractivity contribution in [2.75, 3.05) is 12.3 Å². The molecule has 0 rings (SSSR count). The molecule has 0 saturated carbocycles. The zero-order chi connectivity index (χ0) is 36.0. The van der Waals surface area contributed by atoms with Gasteiger partial charge in [-0.3, -0.25) is 14.1 Å². The molecule has 0 aromatic heterocycles. The summed E-state index contributed by atoms with van der Waals surface area (Å²) in [6, 6.07) is 0. The van der Waals surface area contributed by atoms with Gasteiger partial charge in [0.25, 0.3) is 10.1 Å². The normalized spacial score (nSPS) is 15.2. The molecule has 0 saturated heterocycles. The minimum Gasteiger partial charge on any atom is -0.463 e. The van der Waals surface area contributed by atoms with E-state index in [-0.39, 0.29) is 44.3 Å². The van der Waals surface area contributed by atoms with Crippen LogP contribution in [0.5, 0.6) is 0 Å². The number of ether oxygens (including phenoxy) is 1. The first kappa shape index (κ1) is 46.4. The smallest absolute Gasteiger partial charge is 0.306 e. The minimum atomic E-state index is -4.17. The number of nitrogens with one attached hydrogen (secondary N) is 1. The lowest BCUT2D eigenvalue weighted by atomic mass is 9.99. The summed E-state index contributed by atoms with van der Waals surface area (Å²) in [5.41, 5.74) is 0. The SMILES string of the molecule is CCCCC/C=C/C(O)CCCCCCCCCCCCCCCC(=O)OC(C)C[C@H](O)[C@H](O)C[C@H](O)CCC(=O)NCCS(=O)(=O)O. The van der Waals surface area contributed by atoms with Gasteiger partial charge < -0.3 is 30.5 Å². The summed E-state index contributed by atoms with van der Waals surface area (Å²) in [6.45, 7) is 3.59. The zero-order valence-corrected chi connectivity index (χ0v) is 30.7. The Labute approximate surface area is 291 Å². The van der Waals surface area contributed by atoms with Gasteiger partial charge in [0, 0.05) is 32.2 Å². The van der Waals surface area contributed by atoms with Gasteiger partial charge in [-0.2, -0.15) is 8.42 Å². The van der Waals surface area contributed by atoms with Crippen LogP contribution in [0.3, 0.4) is 0 Å². The molecule has 0 radical (unpaired) electrons. The zero-order valence-electron chi connectivity index (χ0n) is 29.9. The highest BCUT2D eigenvalue weighted by atomic mass is 32.2. The number of rotatable bonds is 33. The van der Waals surface area contributed by atoms with Crippen molar-refractivity contribution in [1.29, 1.82) is 0 Å². The number of aliphatic hydroxyl groups excluding tert-OH is 4. The van der Waals surface area contributed by atoms with Crippen LogP contribution in [0.4, 0.5) is 0 Å². The number of aliphatic hydroxyl groups is 4. The van der Waals surface area contributed by atoms with Crippen LogP contribution >= 0.6 is 0 Å². The fraction of sp³-hybridized carbons (Fsp3) is 0.889. The number of allylic oxidation sites excluding steroid dienone is 1. The van der Waals surface area contributed by atoms with Gasteiger partial charge in [-0.25, -0.2) is 0 Å². The first-order valence-corrected chi connectivity index (χ1v) is 20.2. The fourth-order valence-corrected chi connectivity index (χ4v) is 5.88. The summed E-state index contributed by atoms with van der Waals surface area (Å²) in [5, 5.41) is 42.9. The van der Waals surface area contributed by atoms with Crippen molar-refractivity contribution >= 4 is 22.0 Å². The van der Waals surface area contributed by atoms with E-state index in [9.17, 15) is 38.4 Å². The van der Waals surface area contributed by atoms with Crippen molar-refractivity contribution in [3.8, 4) is 0 Å². The van der Waals surface area contributed by atoms with E-state index < -0.39 is 46.2 Å². The Morgan fingerprint density at radius 3 is 1.83 bits per heavy atom. The predicted molar refractivity (Wildman–Crippen MR) is 190 cm³/mol. The summed E-state index contributed by atoms with van der Waals surface area (Å²) in [7, 11) is -4.17. The first-order valence-electron chi connectivity index (χ1n) is 18.6. The maximum Gasteiger partial charge on any atom is 0.306 e. The van der Waals surface area contributed by atoms with E-state index in [0.29, 0.717) is 6.42 Å². The number of hydrogen-bond donors (Lipinski definition) is 6. The van der Waals surface area contributed by atoms with Gasteiger partial charge in [0.15, 0.2) is 0 Å². The third-order valence-corrected chi connectivity index (χ3v) is 9.18. The lowest BCUT2D eigenvalue weighted by Crippen LogP contribution is -2.34. The molecule has 284 valence electrons. The number of unbranched alkanes of at least 4 members (excludes halogenated alkanes) is 15. The second-order valence-corrected chi connectivity index (χ2v) is 14.9. The average Bonchev–Trinajstić information content (AvgIpc) is 3.01. The fourth-order valence-electron chi connectivity index (χ4n) is 5.52. The number of carbonyl (C=O) groups is 2. The summed E-state index contributed by atoms with van der Waals surface area (Å²) >= 11 is 0. The Bertz CT molecular complexity index is 930. The lowest BCUT2D eigenvalue weighted by Gasteiger charge is -2.23. The van der Waals surface area contributed by atoms with Gasteiger partial charge in [-0.15, -0.1) is 0 Å². The van der Waals surface area contributed by atoms with E-state index >= 15 is 0 Å². The van der Waals surface area contributed by atoms with Gasteiger partial charge >= 0.3 is 5.97 Å². The molecular weight excluding hydrogens is 638 g/mol. The maximum absolute atomic E-state index is 12.2. The topological polar surface area (TPSA) is 191 Å². The minimum absolute atomic E-state index is 0.00232. The van der Waals surface area contributed by atoms with Crippen LogP contribution in [0.2, 0.25) is 0 Å². The lowest BCUT2D eigenvalue weighted by molar-refractivity contribution is -0.150. The van der Waals surface area contributed by atoms with E-state index in [1.54, 1.807) is 6.92 Å². The molecule has 11 nitrogen and oxygen atoms in total. The Kier molecular flexibility index (Phi) is 29.3. The quantitative estimate of drug-likeness (QED) is 0.0207. The van der Waals surface area contributed by atoms with E-state index in [1.165, 1.54) is 70.6 Å². The summed E-state index contributed by atoms with van der Waals surface area (Å²) < 4.78 is 35.3. The van der Waals surface area contributed by atoms with Gasteiger partial charge in [0.2, 0.25) is 5.91 Å². The summed E-state index contributed by atoms with van der Waals surface area (Å²) in [5.74, 6) is -1.45. The van der Waals surface area contributed by atoms with E-state index in [1.807, 2.05) is 6.08 Å². The molecule has 2 unspecified atom stereocenters. The average molecular weight is 708 g/mol. The molecule has 0 aliphatic heterocycles. The third kappa shape index (κ3) is 31.7. The molecule has 0 aliphatic carbocycles. The van der Waals surface area contributed by atoms with E-state index in [4.69, 9.17) is 9.29 Å². The van der Waals surface area contributed by atoms with Gasteiger partial charge in [0.05, 0.1) is 30.2 Å². The van der Waals surface area contributed by atoms with Crippen LogP contribution < -0.4 is 5.32 Å². The van der Waals surface area contributed by atoms with Crippen LogP contribution in [0.15, 0.2) is 12.2 Å². The Hall–Kier alpha value is -1.57. The standard InChI is InChI=1S/C36H69NO10S/c1-3-4-5-15-18-21-31(38)22-19-16-13-11-9-7-6-8-10-12-14-17-20-23-36(43)47-30(2)28-33(40)34(41)29-32(39)24-25-35(42)37-26-27-48(44,45)46/h18,21,30-34,38-41H,3-17,19-20,22-29H2,1-2H3,(H,37,42)(H,44,45,46)/b21-18+/t30?,31?,32-,33+,34-/m1/s1. The third-order valence-electron chi connectivity index (χ3n) is 8.46. The number of esters is 1. The molecular formula is C36H69NO10S. The van der Waals surface area contributed by atoms with Crippen LogP contribution in [-0.2, 0) is 24.4 Å². The van der Waals surface area contributed by atoms with Crippen LogP contribution in [-0.4, -0.2) is 88.1 Å². The second kappa shape index (κ2) is 30.3. The largest absolute Gasteiger partial charge is 0.463 e. The van der Waals surface area contributed by atoms with Crippen molar-refractivity contribution in [2.45, 2.75) is 192 Å². The number of carbonyl (C=O) groups excluding carboxylic acids is 2. The maximum atomic E-state index is 12.2. The molecule has 0 aromatic rings. The monoisotopic (exact) mass is 707 g/mol. The first-order chi connectivity index (χ1) is 22.8. The molecule has 0 aliphatic rings. The van der Waals surface area contributed by atoms with Crippen molar-refractivity contribution in [3.63, 3.8) is 0 Å². The second-order valence-electron chi connectivity index (χ2n) is 13.4. The van der Waals surface area contributed by atoms with Crippen LogP contribution in [0, 0.1) is 0 Å². The van der Waals surface area contributed by atoms with Gasteiger partial charge in [0.1, 0.15) is 6.10 Å². The van der Waals surface area contributed by atoms with Crippen LogP contribution in [0.1, 0.15) is 162 Å². The highest BCUT2D eigenvalue weighted by Gasteiger charge is 2.24. The van der Waals surface area contributed by atoms with Crippen molar-refractivity contribution in [3.05, 3.63) is 12.2 Å². The highest BCUT2D eigenvalue weighted by Crippen LogP contribution is 2.16. The molecule has 48 heavy (non-hydrogen) atoms. The van der Waals surface area contributed by atoms with Crippen LogP contribution in [0.25, 0.3) is 0 Å². The van der Waals surface area contributed by atoms with Gasteiger partial charge in [-0.1, -0.05) is 109 Å². The molecule has 0 heterocycles. The predicted octanol–water partition coefficient (Wildman–Crippen LogP) is 5.91. The van der Waals surface area contributed by atoms with Crippen molar-refractivity contribution < 1.29 is 47.7 Å². The van der Waals surface area contributed by atoms with E-state index in [0.717, 1.165) is 44.9 Å². The van der Waals surface area contributed by atoms with E-state index in [2.05, 4.69) is 18.3 Å². The Balaban J connectivity index is 3.70. The highest BCUT2D eigenvalue weighted by molar-refractivity contribution is 7.85. The molecule has 5 atom stereocenters. The van der Waals surface area contributed by atoms with Crippen molar-refractivity contribution in [1.82, 2.24) is 5.32 Å². The molecule has 6 N–H and O–H groups in total. The molecule has 0 aromatic carbocycles. The molecule has 0 fully saturated rings. The summed E-state index contributed by atoms with van der Waals surface area (Å²) in [6.07, 6.45) is 20.4. The Morgan fingerprint density at radius 2 is 1.27 bits per heavy atom. The molecule has 1 amide bonds. The number of hydrogen-bond acceptors (Lipinski definition) is 9. The van der Waals surface area contributed by atoms with Crippen molar-refractivity contribution in [2.24, 2.45) is 0 Å². The molecule has 0 bridgehead atoms. The van der Waals surface area contributed by atoms with Gasteiger partial charge in [-0.05, 0) is 39.0 Å². The number of amides is 1. The molecule has 0 spiro atoms.